The lowest BCUT2D eigenvalue weighted by Crippen LogP contribution is -2.55. The first-order valence-electron chi connectivity index (χ1n) is 6.87. The van der Waals surface area contributed by atoms with Gasteiger partial charge in [-0.25, -0.2) is 0 Å². The van der Waals surface area contributed by atoms with Crippen molar-refractivity contribution in [3.63, 3.8) is 0 Å². The summed E-state index contributed by atoms with van der Waals surface area (Å²) in [7, 11) is 0. The smallest absolute Gasteiger partial charge is 0.260 e. The van der Waals surface area contributed by atoms with Gasteiger partial charge in [0.25, 0.3) is 11.5 Å². The highest BCUT2D eigenvalue weighted by molar-refractivity contribution is 5.94. The Labute approximate surface area is 111 Å². The lowest BCUT2D eigenvalue weighted by atomic mass is 9.90. The van der Waals surface area contributed by atoms with E-state index in [4.69, 9.17) is 4.74 Å². The van der Waals surface area contributed by atoms with Crippen LogP contribution in [-0.4, -0.2) is 41.1 Å². The first-order chi connectivity index (χ1) is 9.27. The van der Waals surface area contributed by atoms with Crippen molar-refractivity contribution in [1.82, 2.24) is 9.88 Å². The van der Waals surface area contributed by atoms with E-state index in [1.807, 2.05) is 4.90 Å². The Bertz CT molecular complexity index is 523. The normalized spacial score (nSPS) is 26.8. The molecule has 1 amide bonds. The van der Waals surface area contributed by atoms with Crippen molar-refractivity contribution in [3.05, 3.63) is 34.2 Å². The molecule has 5 nitrogen and oxygen atoms in total. The molecule has 2 atom stereocenters. The monoisotopic (exact) mass is 262 g/mol. The zero-order valence-corrected chi connectivity index (χ0v) is 10.8. The van der Waals surface area contributed by atoms with Crippen molar-refractivity contribution in [2.75, 3.05) is 13.2 Å². The number of H-pyrrole nitrogens is 1. The van der Waals surface area contributed by atoms with Gasteiger partial charge in [-0.1, -0.05) is 12.8 Å². The van der Waals surface area contributed by atoms with Crippen molar-refractivity contribution < 1.29 is 9.53 Å². The molecule has 2 fully saturated rings. The van der Waals surface area contributed by atoms with Crippen molar-refractivity contribution in [1.29, 1.82) is 0 Å². The van der Waals surface area contributed by atoms with Gasteiger partial charge in [0.2, 0.25) is 0 Å². The largest absolute Gasteiger partial charge is 0.374 e. The number of pyridine rings is 1. The van der Waals surface area contributed by atoms with Crippen LogP contribution in [0.5, 0.6) is 0 Å². The number of aromatic nitrogens is 1. The van der Waals surface area contributed by atoms with Crippen LogP contribution in [0.15, 0.2) is 23.1 Å². The van der Waals surface area contributed by atoms with Gasteiger partial charge in [-0.3, -0.25) is 9.59 Å². The van der Waals surface area contributed by atoms with E-state index in [0.29, 0.717) is 13.2 Å². The predicted molar refractivity (Wildman–Crippen MR) is 70.1 cm³/mol. The molecule has 102 valence electrons. The van der Waals surface area contributed by atoms with E-state index in [0.717, 1.165) is 25.7 Å². The molecule has 0 aromatic carbocycles. The van der Waals surface area contributed by atoms with Gasteiger partial charge < -0.3 is 14.6 Å². The fourth-order valence-corrected chi connectivity index (χ4v) is 3.09. The van der Waals surface area contributed by atoms with Crippen LogP contribution in [-0.2, 0) is 4.74 Å². The number of nitrogens with zero attached hydrogens (tertiary/aromatic N) is 1. The molecule has 3 rings (SSSR count). The van der Waals surface area contributed by atoms with E-state index in [-0.39, 0.29) is 29.2 Å². The van der Waals surface area contributed by atoms with Crippen LogP contribution in [0, 0.1) is 0 Å². The molecule has 1 aromatic rings. The van der Waals surface area contributed by atoms with Crippen LogP contribution in [0.3, 0.4) is 0 Å². The van der Waals surface area contributed by atoms with Crippen molar-refractivity contribution in [3.8, 4) is 0 Å². The zero-order valence-electron chi connectivity index (χ0n) is 10.8. The summed E-state index contributed by atoms with van der Waals surface area (Å²) >= 11 is 0. The van der Waals surface area contributed by atoms with Crippen LogP contribution in [0.1, 0.15) is 36.0 Å². The SMILES string of the molecule is O=C(c1ccc[nH]c1=O)N1CCO[C@H]2CCCC[C@H]21. The minimum Gasteiger partial charge on any atom is -0.374 e. The summed E-state index contributed by atoms with van der Waals surface area (Å²) in [6, 6.07) is 3.41. The standard InChI is InChI=1S/C14H18N2O3/c17-13-10(4-3-7-15-13)14(18)16-8-9-19-12-6-2-1-5-11(12)16/h3-4,7,11-12H,1-2,5-6,8-9H2,(H,15,17)/t11-,12+/m1/s1. The minimum absolute atomic E-state index is 0.134. The Morgan fingerprint density at radius 3 is 3.05 bits per heavy atom. The first-order valence-corrected chi connectivity index (χ1v) is 6.87. The summed E-state index contributed by atoms with van der Waals surface area (Å²) in [5.74, 6) is -0.165. The number of hydrogen-bond acceptors (Lipinski definition) is 3. The molecule has 1 aliphatic carbocycles. The molecule has 0 unspecified atom stereocenters. The maximum Gasteiger partial charge on any atom is 0.260 e. The highest BCUT2D eigenvalue weighted by Crippen LogP contribution is 2.29. The Kier molecular flexibility index (Phi) is 3.38. The van der Waals surface area contributed by atoms with Crippen molar-refractivity contribution >= 4 is 5.91 Å². The Morgan fingerprint density at radius 2 is 2.21 bits per heavy atom. The van der Waals surface area contributed by atoms with Gasteiger partial charge in [-0.2, -0.15) is 0 Å². The second kappa shape index (κ2) is 5.17. The number of carbonyl (C=O) groups is 1. The van der Waals surface area contributed by atoms with Gasteiger partial charge in [-0.15, -0.1) is 0 Å². The molecule has 5 heteroatoms. The molecule has 2 aliphatic rings. The number of nitrogens with one attached hydrogen (secondary N) is 1. The molecule has 1 saturated heterocycles. The molecule has 1 aromatic heterocycles. The molecule has 1 saturated carbocycles. The maximum absolute atomic E-state index is 12.5. The van der Waals surface area contributed by atoms with E-state index >= 15 is 0 Å². The molecule has 0 radical (unpaired) electrons. The summed E-state index contributed by atoms with van der Waals surface area (Å²) in [4.78, 5) is 28.6. The van der Waals surface area contributed by atoms with Crippen LogP contribution in [0.25, 0.3) is 0 Å². The highest BCUT2D eigenvalue weighted by Gasteiger charge is 2.37. The first kappa shape index (κ1) is 12.4. The molecule has 19 heavy (non-hydrogen) atoms. The van der Waals surface area contributed by atoms with E-state index in [1.54, 1.807) is 18.3 Å². The molecule has 2 heterocycles. The molecule has 1 aliphatic heterocycles. The predicted octanol–water partition coefficient (Wildman–Crippen LogP) is 1.16. The van der Waals surface area contributed by atoms with Gasteiger partial charge in [0.1, 0.15) is 5.56 Å². The summed E-state index contributed by atoms with van der Waals surface area (Å²) < 4.78 is 5.75. The van der Waals surface area contributed by atoms with E-state index in [2.05, 4.69) is 4.98 Å². The third kappa shape index (κ3) is 2.30. The number of hydrogen-bond donors (Lipinski definition) is 1. The molecular weight excluding hydrogens is 244 g/mol. The summed E-state index contributed by atoms with van der Waals surface area (Å²) in [6.07, 6.45) is 5.96. The molecule has 1 N–H and O–H groups in total. The van der Waals surface area contributed by atoms with Crippen LogP contribution in [0.2, 0.25) is 0 Å². The quantitative estimate of drug-likeness (QED) is 0.826. The average molecular weight is 262 g/mol. The zero-order chi connectivity index (χ0) is 13.2. The fraction of sp³-hybridized carbons (Fsp3) is 0.571. The number of amides is 1. The Hall–Kier alpha value is -1.62. The number of ether oxygens (including phenoxy) is 1. The molecular formula is C14H18N2O3. The van der Waals surface area contributed by atoms with Gasteiger partial charge in [0, 0.05) is 12.7 Å². The van der Waals surface area contributed by atoms with Gasteiger partial charge >= 0.3 is 0 Å². The Morgan fingerprint density at radius 1 is 1.37 bits per heavy atom. The highest BCUT2D eigenvalue weighted by atomic mass is 16.5. The van der Waals surface area contributed by atoms with E-state index < -0.39 is 0 Å². The third-order valence-corrected chi connectivity index (χ3v) is 4.04. The summed E-state index contributed by atoms with van der Waals surface area (Å²) in [5.41, 5.74) is -0.0833. The number of aromatic amines is 1. The van der Waals surface area contributed by atoms with Gasteiger partial charge in [0.05, 0.1) is 18.8 Å². The van der Waals surface area contributed by atoms with E-state index in [9.17, 15) is 9.59 Å². The van der Waals surface area contributed by atoms with Crippen molar-refractivity contribution in [2.24, 2.45) is 0 Å². The number of rotatable bonds is 1. The minimum atomic E-state index is -0.314. The number of carbonyl (C=O) groups excluding carboxylic acids is 1. The lowest BCUT2D eigenvalue weighted by molar-refractivity contribution is -0.0753. The summed E-state index contributed by atoms with van der Waals surface area (Å²) in [6.45, 7) is 1.14. The fourth-order valence-electron chi connectivity index (χ4n) is 3.09. The summed E-state index contributed by atoms with van der Waals surface area (Å²) in [5, 5.41) is 0. The molecule has 0 bridgehead atoms. The Balaban J connectivity index is 1.86. The third-order valence-electron chi connectivity index (χ3n) is 4.04. The topological polar surface area (TPSA) is 62.4 Å². The van der Waals surface area contributed by atoms with Crippen molar-refractivity contribution in [2.45, 2.75) is 37.8 Å². The molecule has 0 spiro atoms. The average Bonchev–Trinajstić information content (AvgIpc) is 2.46. The van der Waals surface area contributed by atoms with Gasteiger partial charge in [-0.05, 0) is 25.0 Å². The second-order valence-electron chi connectivity index (χ2n) is 5.17. The van der Waals surface area contributed by atoms with Crippen LogP contribution in [0.4, 0.5) is 0 Å². The second-order valence-corrected chi connectivity index (χ2v) is 5.17. The van der Waals surface area contributed by atoms with Crippen LogP contribution >= 0.6 is 0 Å². The van der Waals surface area contributed by atoms with Crippen LogP contribution < -0.4 is 5.56 Å². The number of fused-ring (bicyclic) bond motifs is 1. The lowest BCUT2D eigenvalue weighted by Gasteiger charge is -2.43. The van der Waals surface area contributed by atoms with Gasteiger partial charge in [0.15, 0.2) is 0 Å². The number of morpholine rings is 1. The maximum atomic E-state index is 12.5. The van der Waals surface area contributed by atoms with E-state index in [1.165, 1.54) is 0 Å².